The number of hydrogen-bond donors (Lipinski definition) is 0. The molecule has 0 bridgehead atoms. The summed E-state index contributed by atoms with van der Waals surface area (Å²) in [5.41, 5.74) is 3.18. The van der Waals surface area contributed by atoms with Gasteiger partial charge in [0.05, 0.1) is 5.45 Å². The lowest BCUT2D eigenvalue weighted by Crippen LogP contribution is -2.13. The minimum atomic E-state index is 0.793. The Morgan fingerprint density at radius 2 is 1.13 bits per heavy atom. The van der Waals surface area contributed by atoms with Gasteiger partial charge in [-0.25, -0.2) is 0 Å². The molecule has 0 aliphatic rings. The molecular weight excluding hydrogens is 250 g/mol. The third-order valence-electron chi connectivity index (χ3n) is 2.26. The predicted octanol–water partition coefficient (Wildman–Crippen LogP) is 4.18. The molecular formula is C13H12BrN. The molecule has 2 aromatic rings. The molecule has 2 heteroatoms. The first kappa shape index (κ1) is 10.2. The van der Waals surface area contributed by atoms with Crippen LogP contribution in [0.5, 0.6) is 0 Å². The van der Waals surface area contributed by atoms with Gasteiger partial charge in [-0.1, -0.05) is 52.3 Å². The molecule has 2 rings (SSSR count). The number of hydrogen-bond acceptors (Lipinski definition) is 1. The van der Waals surface area contributed by atoms with Crippen LogP contribution in [-0.4, -0.2) is 5.45 Å². The fraction of sp³-hybridized carbons (Fsp3) is 0.0769. The lowest BCUT2D eigenvalue weighted by atomic mass is 10.2. The van der Waals surface area contributed by atoms with Gasteiger partial charge in [0.15, 0.2) is 0 Å². The average molecular weight is 262 g/mol. The third kappa shape index (κ3) is 2.39. The molecule has 0 saturated carbocycles. The number of para-hydroxylation sites is 2. The predicted molar refractivity (Wildman–Crippen MR) is 68.8 cm³/mol. The van der Waals surface area contributed by atoms with Gasteiger partial charge in [0.1, 0.15) is 0 Å². The first-order chi connectivity index (χ1) is 7.42. The van der Waals surface area contributed by atoms with Crippen LogP contribution in [0.4, 0.5) is 11.4 Å². The van der Waals surface area contributed by atoms with Crippen LogP contribution in [0, 0.1) is 0 Å². The SMILES string of the molecule is BrCN(c1ccccc1)c1ccccc1. The smallest absolute Gasteiger partial charge is 0.0784 e. The van der Waals surface area contributed by atoms with E-state index >= 15 is 0 Å². The minimum Gasteiger partial charge on any atom is -0.331 e. The van der Waals surface area contributed by atoms with Crippen molar-refractivity contribution >= 4 is 27.3 Å². The first-order valence-corrected chi connectivity index (χ1v) is 5.97. The van der Waals surface area contributed by atoms with Gasteiger partial charge in [-0.2, -0.15) is 0 Å². The molecule has 15 heavy (non-hydrogen) atoms. The Labute approximate surface area is 98.5 Å². The van der Waals surface area contributed by atoms with Crippen LogP contribution in [0.1, 0.15) is 0 Å². The molecule has 2 aromatic carbocycles. The Morgan fingerprint density at radius 3 is 1.47 bits per heavy atom. The van der Waals surface area contributed by atoms with E-state index in [4.69, 9.17) is 0 Å². The molecule has 0 unspecified atom stereocenters. The van der Waals surface area contributed by atoms with Gasteiger partial charge in [0.2, 0.25) is 0 Å². The van der Waals surface area contributed by atoms with Crippen molar-refractivity contribution in [2.24, 2.45) is 0 Å². The van der Waals surface area contributed by atoms with E-state index in [0.29, 0.717) is 0 Å². The van der Waals surface area contributed by atoms with Gasteiger partial charge < -0.3 is 4.90 Å². The second kappa shape index (κ2) is 4.99. The van der Waals surface area contributed by atoms with Crippen molar-refractivity contribution in [1.82, 2.24) is 0 Å². The summed E-state index contributed by atoms with van der Waals surface area (Å²) in [4.78, 5) is 2.21. The number of rotatable bonds is 3. The maximum Gasteiger partial charge on any atom is 0.0784 e. The Morgan fingerprint density at radius 1 is 0.733 bits per heavy atom. The minimum absolute atomic E-state index is 0.793. The summed E-state index contributed by atoms with van der Waals surface area (Å²) in [5, 5.41) is 0. The van der Waals surface area contributed by atoms with Crippen molar-refractivity contribution < 1.29 is 0 Å². The molecule has 0 aliphatic heterocycles. The summed E-state index contributed by atoms with van der Waals surface area (Å²) >= 11 is 3.52. The molecule has 0 heterocycles. The first-order valence-electron chi connectivity index (χ1n) is 4.85. The van der Waals surface area contributed by atoms with E-state index < -0.39 is 0 Å². The van der Waals surface area contributed by atoms with E-state index in [1.165, 1.54) is 11.4 Å². The molecule has 0 aliphatic carbocycles. The van der Waals surface area contributed by atoms with E-state index in [1.807, 2.05) is 36.4 Å². The highest BCUT2D eigenvalue weighted by Gasteiger charge is 2.05. The number of nitrogens with zero attached hydrogens (tertiary/aromatic N) is 1. The molecule has 1 nitrogen and oxygen atoms in total. The lowest BCUT2D eigenvalue weighted by molar-refractivity contribution is 1.18. The largest absolute Gasteiger partial charge is 0.331 e. The monoisotopic (exact) mass is 261 g/mol. The molecule has 0 atom stereocenters. The summed E-state index contributed by atoms with van der Waals surface area (Å²) in [6.07, 6.45) is 0. The maximum atomic E-state index is 3.52. The Hall–Kier alpha value is -1.28. The van der Waals surface area contributed by atoms with Gasteiger partial charge in [-0.3, -0.25) is 0 Å². The topological polar surface area (TPSA) is 3.24 Å². The lowest BCUT2D eigenvalue weighted by Gasteiger charge is -2.22. The van der Waals surface area contributed by atoms with Crippen molar-refractivity contribution in [2.75, 3.05) is 10.4 Å². The molecule has 76 valence electrons. The van der Waals surface area contributed by atoms with Gasteiger partial charge in [0.25, 0.3) is 0 Å². The fourth-order valence-electron chi connectivity index (χ4n) is 1.50. The van der Waals surface area contributed by atoms with Gasteiger partial charge in [0, 0.05) is 11.4 Å². The van der Waals surface area contributed by atoms with Gasteiger partial charge in [-0.05, 0) is 24.3 Å². The van der Waals surface area contributed by atoms with Crippen molar-refractivity contribution in [3.8, 4) is 0 Å². The van der Waals surface area contributed by atoms with Crippen molar-refractivity contribution in [3.63, 3.8) is 0 Å². The summed E-state index contributed by atoms with van der Waals surface area (Å²) in [7, 11) is 0. The molecule has 0 aromatic heterocycles. The highest BCUT2D eigenvalue weighted by atomic mass is 79.9. The van der Waals surface area contributed by atoms with E-state index in [2.05, 4.69) is 45.1 Å². The Bertz CT molecular complexity index is 360. The Kier molecular flexibility index (Phi) is 3.41. The van der Waals surface area contributed by atoms with Crippen LogP contribution < -0.4 is 4.90 Å². The summed E-state index contributed by atoms with van der Waals surface area (Å²) in [6.45, 7) is 0. The molecule has 0 spiro atoms. The quantitative estimate of drug-likeness (QED) is 0.592. The van der Waals surface area contributed by atoms with E-state index in [1.54, 1.807) is 0 Å². The molecule has 0 fully saturated rings. The zero-order valence-electron chi connectivity index (χ0n) is 8.31. The molecule has 0 saturated heterocycles. The zero-order valence-corrected chi connectivity index (χ0v) is 9.89. The maximum absolute atomic E-state index is 3.52. The van der Waals surface area contributed by atoms with E-state index in [9.17, 15) is 0 Å². The highest BCUT2D eigenvalue weighted by molar-refractivity contribution is 9.09. The van der Waals surface area contributed by atoms with Gasteiger partial charge in [-0.15, -0.1) is 0 Å². The van der Waals surface area contributed by atoms with Gasteiger partial charge >= 0.3 is 0 Å². The fourth-order valence-corrected chi connectivity index (χ4v) is 2.08. The van der Waals surface area contributed by atoms with Crippen molar-refractivity contribution in [2.45, 2.75) is 0 Å². The highest BCUT2D eigenvalue weighted by Crippen LogP contribution is 2.25. The second-order valence-corrected chi connectivity index (χ2v) is 3.72. The summed E-state index contributed by atoms with van der Waals surface area (Å²) in [6, 6.07) is 20.7. The molecule has 0 radical (unpaired) electrons. The third-order valence-corrected chi connectivity index (χ3v) is 2.76. The van der Waals surface area contributed by atoms with E-state index in [0.717, 1.165) is 5.45 Å². The summed E-state index contributed by atoms with van der Waals surface area (Å²) < 4.78 is 0. The molecule has 0 amide bonds. The number of alkyl halides is 1. The second-order valence-electron chi connectivity index (χ2n) is 3.22. The standard InChI is InChI=1S/C13H12BrN/c14-11-15(12-7-3-1-4-8-12)13-9-5-2-6-10-13/h1-10H,11H2. The van der Waals surface area contributed by atoms with Crippen LogP contribution in [0.25, 0.3) is 0 Å². The van der Waals surface area contributed by atoms with Crippen LogP contribution in [0.3, 0.4) is 0 Å². The summed E-state index contributed by atoms with van der Waals surface area (Å²) in [5.74, 6) is 0. The normalized spacial score (nSPS) is 9.93. The zero-order chi connectivity index (χ0) is 10.5. The average Bonchev–Trinajstić information content (AvgIpc) is 2.33. The van der Waals surface area contributed by atoms with Crippen molar-refractivity contribution in [1.29, 1.82) is 0 Å². The van der Waals surface area contributed by atoms with Crippen LogP contribution in [-0.2, 0) is 0 Å². The van der Waals surface area contributed by atoms with Crippen LogP contribution in [0.15, 0.2) is 60.7 Å². The van der Waals surface area contributed by atoms with Crippen LogP contribution >= 0.6 is 15.9 Å². The van der Waals surface area contributed by atoms with Crippen molar-refractivity contribution in [3.05, 3.63) is 60.7 Å². The number of benzene rings is 2. The van der Waals surface area contributed by atoms with E-state index in [-0.39, 0.29) is 0 Å². The number of halogens is 1. The Balaban J connectivity index is 2.34. The molecule has 0 N–H and O–H groups in total. The van der Waals surface area contributed by atoms with Crippen LogP contribution in [0.2, 0.25) is 0 Å². The number of anilines is 2.